The van der Waals surface area contributed by atoms with Crippen molar-refractivity contribution in [2.75, 3.05) is 7.11 Å². The lowest BCUT2D eigenvalue weighted by molar-refractivity contribution is 0.410. The molecular formula is C10H10BrNO. The first-order valence-electron chi connectivity index (χ1n) is 3.86. The number of aryl methyl sites for hydroxylation is 1. The highest BCUT2D eigenvalue weighted by molar-refractivity contribution is 9.08. The molecular weight excluding hydrogens is 230 g/mol. The van der Waals surface area contributed by atoms with E-state index in [0.717, 1.165) is 11.1 Å². The van der Waals surface area contributed by atoms with E-state index in [1.165, 1.54) is 0 Å². The average Bonchev–Trinajstić information content (AvgIpc) is 2.16. The van der Waals surface area contributed by atoms with E-state index in [0.29, 0.717) is 16.6 Å². The van der Waals surface area contributed by atoms with Crippen molar-refractivity contribution < 1.29 is 4.74 Å². The van der Waals surface area contributed by atoms with Crippen LogP contribution in [0.2, 0.25) is 0 Å². The van der Waals surface area contributed by atoms with Gasteiger partial charge in [-0.15, -0.1) is 0 Å². The fraction of sp³-hybridized carbons (Fsp3) is 0.300. The summed E-state index contributed by atoms with van der Waals surface area (Å²) in [5.74, 6) is 0.671. The number of alkyl halides is 1. The zero-order valence-electron chi connectivity index (χ0n) is 7.60. The van der Waals surface area contributed by atoms with Crippen LogP contribution in [0, 0.1) is 18.3 Å². The Labute approximate surface area is 86.3 Å². The third-order valence-corrected chi connectivity index (χ3v) is 2.38. The number of benzene rings is 1. The summed E-state index contributed by atoms with van der Waals surface area (Å²) in [7, 11) is 1.58. The number of nitriles is 1. The van der Waals surface area contributed by atoms with Gasteiger partial charge in [-0.25, -0.2) is 0 Å². The molecule has 2 nitrogen and oxygen atoms in total. The van der Waals surface area contributed by atoms with Crippen molar-refractivity contribution in [1.29, 1.82) is 5.26 Å². The van der Waals surface area contributed by atoms with Crippen LogP contribution in [0.5, 0.6) is 5.75 Å². The highest BCUT2D eigenvalue weighted by Crippen LogP contribution is 2.26. The Morgan fingerprint density at radius 3 is 2.69 bits per heavy atom. The Bertz CT molecular complexity index is 355. The molecule has 1 aromatic rings. The van der Waals surface area contributed by atoms with Gasteiger partial charge >= 0.3 is 0 Å². The topological polar surface area (TPSA) is 33.0 Å². The molecule has 68 valence electrons. The van der Waals surface area contributed by atoms with E-state index in [2.05, 4.69) is 22.0 Å². The maximum Gasteiger partial charge on any atom is 0.140 e. The molecule has 0 spiro atoms. The monoisotopic (exact) mass is 239 g/mol. The first-order valence-corrected chi connectivity index (χ1v) is 4.98. The number of ether oxygens (including phenoxy) is 1. The molecule has 1 aromatic carbocycles. The summed E-state index contributed by atoms with van der Waals surface area (Å²) >= 11 is 3.36. The second-order valence-corrected chi connectivity index (χ2v) is 3.31. The Morgan fingerprint density at radius 1 is 1.54 bits per heavy atom. The summed E-state index contributed by atoms with van der Waals surface area (Å²) in [6.07, 6.45) is 0. The molecule has 0 radical (unpaired) electrons. The summed E-state index contributed by atoms with van der Waals surface area (Å²) in [6, 6.07) is 5.95. The van der Waals surface area contributed by atoms with Gasteiger partial charge in [0.15, 0.2) is 0 Å². The minimum Gasteiger partial charge on any atom is -0.495 e. The molecule has 0 saturated carbocycles. The Hall–Kier alpha value is -1.01. The molecule has 0 aliphatic carbocycles. The number of halogens is 1. The van der Waals surface area contributed by atoms with E-state index in [4.69, 9.17) is 10.00 Å². The van der Waals surface area contributed by atoms with Crippen molar-refractivity contribution in [3.05, 3.63) is 28.8 Å². The molecule has 0 saturated heterocycles. The SMILES string of the molecule is COc1c(C#N)cc(C)cc1CBr. The quantitative estimate of drug-likeness (QED) is 0.744. The summed E-state index contributed by atoms with van der Waals surface area (Å²) in [4.78, 5) is 0. The highest BCUT2D eigenvalue weighted by atomic mass is 79.9. The standard InChI is InChI=1S/C10H10BrNO/c1-7-3-8(5-11)10(13-2)9(4-7)6-12/h3-4H,5H2,1-2H3. The molecule has 1 rings (SSSR count). The second kappa shape index (κ2) is 4.29. The normalized spacial score (nSPS) is 9.38. The van der Waals surface area contributed by atoms with Crippen molar-refractivity contribution in [3.63, 3.8) is 0 Å². The van der Waals surface area contributed by atoms with E-state index >= 15 is 0 Å². The van der Waals surface area contributed by atoms with Gasteiger partial charge in [0.05, 0.1) is 12.7 Å². The first-order chi connectivity index (χ1) is 6.22. The Balaban J connectivity index is 3.36. The summed E-state index contributed by atoms with van der Waals surface area (Å²) < 4.78 is 5.16. The van der Waals surface area contributed by atoms with Crippen LogP contribution >= 0.6 is 15.9 Å². The van der Waals surface area contributed by atoms with E-state index in [-0.39, 0.29) is 0 Å². The van der Waals surface area contributed by atoms with Gasteiger partial charge in [0, 0.05) is 10.9 Å². The molecule has 0 fully saturated rings. The number of nitrogens with zero attached hydrogens (tertiary/aromatic N) is 1. The van der Waals surface area contributed by atoms with Gasteiger partial charge in [-0.1, -0.05) is 22.0 Å². The number of hydrogen-bond acceptors (Lipinski definition) is 2. The predicted octanol–water partition coefficient (Wildman–Crippen LogP) is 2.77. The Kier molecular flexibility index (Phi) is 3.32. The first kappa shape index (κ1) is 10.1. The molecule has 0 unspecified atom stereocenters. The summed E-state index contributed by atoms with van der Waals surface area (Å²) in [5, 5.41) is 9.55. The molecule has 0 N–H and O–H groups in total. The molecule has 13 heavy (non-hydrogen) atoms. The van der Waals surface area contributed by atoms with Crippen molar-refractivity contribution in [1.82, 2.24) is 0 Å². The molecule has 0 aliphatic rings. The molecule has 0 amide bonds. The van der Waals surface area contributed by atoms with Gasteiger partial charge in [0.2, 0.25) is 0 Å². The van der Waals surface area contributed by atoms with Crippen molar-refractivity contribution >= 4 is 15.9 Å². The van der Waals surface area contributed by atoms with Crippen molar-refractivity contribution in [3.8, 4) is 11.8 Å². The second-order valence-electron chi connectivity index (χ2n) is 2.75. The van der Waals surface area contributed by atoms with Gasteiger partial charge in [-0.3, -0.25) is 0 Å². The largest absolute Gasteiger partial charge is 0.495 e. The van der Waals surface area contributed by atoms with E-state index in [9.17, 15) is 0 Å². The van der Waals surface area contributed by atoms with Crippen molar-refractivity contribution in [2.24, 2.45) is 0 Å². The highest BCUT2D eigenvalue weighted by Gasteiger charge is 2.08. The predicted molar refractivity (Wildman–Crippen MR) is 55.1 cm³/mol. The smallest absolute Gasteiger partial charge is 0.140 e. The summed E-state index contributed by atoms with van der Waals surface area (Å²) in [6.45, 7) is 1.96. The molecule has 0 atom stereocenters. The molecule has 0 bridgehead atoms. The van der Waals surface area contributed by atoms with Gasteiger partial charge in [0.25, 0.3) is 0 Å². The fourth-order valence-corrected chi connectivity index (χ4v) is 1.69. The van der Waals surface area contributed by atoms with Gasteiger partial charge in [0.1, 0.15) is 11.8 Å². The third kappa shape index (κ3) is 2.02. The van der Waals surface area contributed by atoms with E-state index in [1.807, 2.05) is 19.1 Å². The maximum atomic E-state index is 8.85. The third-order valence-electron chi connectivity index (χ3n) is 1.78. The average molecular weight is 240 g/mol. The van der Waals surface area contributed by atoms with E-state index < -0.39 is 0 Å². The van der Waals surface area contributed by atoms with Crippen LogP contribution in [0.25, 0.3) is 0 Å². The minimum absolute atomic E-state index is 0.594. The minimum atomic E-state index is 0.594. The molecule has 0 aromatic heterocycles. The zero-order chi connectivity index (χ0) is 9.84. The van der Waals surface area contributed by atoms with Crippen LogP contribution in [0.1, 0.15) is 16.7 Å². The molecule has 0 heterocycles. The van der Waals surface area contributed by atoms with Crippen molar-refractivity contribution in [2.45, 2.75) is 12.3 Å². The number of hydrogen-bond donors (Lipinski definition) is 0. The van der Waals surface area contributed by atoms with Crippen LogP contribution < -0.4 is 4.74 Å². The number of methoxy groups -OCH3 is 1. The van der Waals surface area contributed by atoms with Gasteiger partial charge in [-0.2, -0.15) is 5.26 Å². The lowest BCUT2D eigenvalue weighted by Crippen LogP contribution is -1.94. The van der Waals surface area contributed by atoms with Gasteiger partial charge < -0.3 is 4.74 Å². The fourth-order valence-electron chi connectivity index (χ4n) is 1.27. The maximum absolute atomic E-state index is 8.85. The van der Waals surface area contributed by atoms with E-state index in [1.54, 1.807) is 7.11 Å². The van der Waals surface area contributed by atoms with Crippen LogP contribution in [0.3, 0.4) is 0 Å². The number of rotatable bonds is 2. The van der Waals surface area contributed by atoms with Crippen LogP contribution in [-0.4, -0.2) is 7.11 Å². The summed E-state index contributed by atoms with van der Waals surface area (Å²) in [5.41, 5.74) is 2.68. The molecule has 0 aliphatic heterocycles. The zero-order valence-corrected chi connectivity index (χ0v) is 9.18. The Morgan fingerprint density at radius 2 is 2.23 bits per heavy atom. The van der Waals surface area contributed by atoms with Crippen LogP contribution in [0.4, 0.5) is 0 Å². The lowest BCUT2D eigenvalue weighted by atomic mass is 10.1. The molecule has 3 heteroatoms. The van der Waals surface area contributed by atoms with Crippen LogP contribution in [-0.2, 0) is 5.33 Å². The van der Waals surface area contributed by atoms with Crippen LogP contribution in [0.15, 0.2) is 12.1 Å². The lowest BCUT2D eigenvalue weighted by Gasteiger charge is -2.08. The van der Waals surface area contributed by atoms with Gasteiger partial charge in [-0.05, 0) is 18.6 Å².